The van der Waals surface area contributed by atoms with Crippen LogP contribution in [-0.4, -0.2) is 35.1 Å². The minimum Gasteiger partial charge on any atom is -0.481 e. The monoisotopic (exact) mass is 299 g/mol. The highest BCUT2D eigenvalue weighted by Gasteiger charge is 1.96. The number of carboxylic acid groups (broad SMARTS) is 1. The van der Waals surface area contributed by atoms with E-state index >= 15 is 0 Å². The molecule has 0 aliphatic carbocycles. The molecule has 0 saturated carbocycles. The van der Waals surface area contributed by atoms with Gasteiger partial charge in [-0.2, -0.15) is 8.42 Å². The first-order valence-corrected chi connectivity index (χ1v) is 7.78. The molecule has 0 aromatic carbocycles. The third-order valence-corrected chi connectivity index (χ3v) is 2.34. The van der Waals surface area contributed by atoms with Gasteiger partial charge in [0.1, 0.15) is 0 Å². The van der Waals surface area contributed by atoms with Gasteiger partial charge in [-0.3, -0.25) is 13.9 Å². The van der Waals surface area contributed by atoms with E-state index in [1.807, 2.05) is 0 Å². The van der Waals surface area contributed by atoms with Gasteiger partial charge in [-0.05, 0) is 19.4 Å². The van der Waals surface area contributed by atoms with Crippen molar-refractivity contribution >= 4 is 16.4 Å². The van der Waals surface area contributed by atoms with Gasteiger partial charge >= 0.3 is 16.4 Å². The van der Waals surface area contributed by atoms with Gasteiger partial charge in [-0.15, -0.1) is 0 Å². The third-order valence-electron chi connectivity index (χ3n) is 2.34. The Kier molecular flexibility index (Phi) is 14.9. The molecule has 0 bridgehead atoms. The average Bonchev–Trinajstić information content (AvgIpc) is 2.24. The molecule has 0 rings (SSSR count). The standard InChI is InChI=1S/C11H23NO2.H2O4S/c12-10-8-6-4-2-1-3-5-7-9-11(13)14;1-5(2,3)4/h1-10,12H2,(H,13,14);(H2,1,2,3,4). The van der Waals surface area contributed by atoms with Crippen LogP contribution in [0.5, 0.6) is 0 Å². The van der Waals surface area contributed by atoms with Gasteiger partial charge in [0.25, 0.3) is 0 Å². The van der Waals surface area contributed by atoms with Crippen LogP contribution >= 0.6 is 0 Å². The van der Waals surface area contributed by atoms with Crippen molar-refractivity contribution in [2.75, 3.05) is 6.54 Å². The zero-order valence-electron chi connectivity index (χ0n) is 11.1. The molecule has 0 aliphatic rings. The fourth-order valence-electron chi connectivity index (χ4n) is 1.48. The van der Waals surface area contributed by atoms with Gasteiger partial charge < -0.3 is 10.8 Å². The highest BCUT2D eigenvalue weighted by molar-refractivity contribution is 7.79. The predicted molar refractivity (Wildman–Crippen MR) is 72.4 cm³/mol. The van der Waals surface area contributed by atoms with Crippen molar-refractivity contribution in [3.8, 4) is 0 Å². The van der Waals surface area contributed by atoms with E-state index < -0.39 is 16.4 Å². The van der Waals surface area contributed by atoms with Gasteiger partial charge in [0.2, 0.25) is 0 Å². The van der Waals surface area contributed by atoms with Crippen LogP contribution in [0.25, 0.3) is 0 Å². The molecule has 0 heterocycles. The summed E-state index contributed by atoms with van der Waals surface area (Å²) in [4.78, 5) is 10.2. The fourth-order valence-corrected chi connectivity index (χ4v) is 1.48. The van der Waals surface area contributed by atoms with Crippen LogP contribution in [0.1, 0.15) is 57.8 Å². The summed E-state index contributed by atoms with van der Waals surface area (Å²) in [5.41, 5.74) is 5.38. The number of unbranched alkanes of at least 4 members (excludes halogenated alkanes) is 7. The molecule has 0 unspecified atom stereocenters. The molecule has 116 valence electrons. The van der Waals surface area contributed by atoms with Gasteiger partial charge in [-0.25, -0.2) is 0 Å². The molecule has 0 aromatic rings. The zero-order chi connectivity index (χ0) is 15.1. The first-order valence-electron chi connectivity index (χ1n) is 6.39. The smallest absolute Gasteiger partial charge is 0.394 e. The molecule has 0 aromatic heterocycles. The minimum absolute atomic E-state index is 0.327. The normalized spacial score (nSPS) is 10.7. The van der Waals surface area contributed by atoms with Gasteiger partial charge in [-0.1, -0.05) is 38.5 Å². The number of hydrogen-bond acceptors (Lipinski definition) is 4. The molecule has 0 saturated heterocycles. The second kappa shape index (κ2) is 13.7. The van der Waals surface area contributed by atoms with Crippen molar-refractivity contribution in [3.63, 3.8) is 0 Å². The van der Waals surface area contributed by atoms with Crippen molar-refractivity contribution in [3.05, 3.63) is 0 Å². The lowest BCUT2D eigenvalue weighted by Gasteiger charge is -2.00. The predicted octanol–water partition coefficient (Wildman–Crippen LogP) is 1.89. The highest BCUT2D eigenvalue weighted by atomic mass is 32.3. The summed E-state index contributed by atoms with van der Waals surface area (Å²) in [6.45, 7) is 0.804. The number of aliphatic carboxylic acids is 1. The largest absolute Gasteiger partial charge is 0.481 e. The molecule has 0 amide bonds. The Morgan fingerprint density at radius 2 is 1.16 bits per heavy atom. The van der Waals surface area contributed by atoms with E-state index in [0.717, 1.165) is 25.8 Å². The average molecular weight is 299 g/mol. The molecule has 8 heteroatoms. The maximum atomic E-state index is 10.2. The number of rotatable bonds is 10. The fraction of sp³-hybridized carbons (Fsp3) is 0.909. The molecular formula is C11H25NO6S. The molecule has 0 spiro atoms. The van der Waals surface area contributed by atoms with Crippen molar-refractivity contribution in [1.82, 2.24) is 0 Å². The van der Waals surface area contributed by atoms with Crippen molar-refractivity contribution in [2.45, 2.75) is 57.8 Å². The molecule has 0 fully saturated rings. The Morgan fingerprint density at radius 1 is 0.842 bits per heavy atom. The van der Waals surface area contributed by atoms with E-state index in [2.05, 4.69) is 0 Å². The Labute approximate surface area is 114 Å². The van der Waals surface area contributed by atoms with Crippen LogP contribution in [0.2, 0.25) is 0 Å². The van der Waals surface area contributed by atoms with Crippen molar-refractivity contribution in [1.29, 1.82) is 0 Å². The topological polar surface area (TPSA) is 138 Å². The summed E-state index contributed by atoms with van der Waals surface area (Å²) in [7, 11) is -4.67. The number of nitrogens with two attached hydrogens (primary N) is 1. The summed E-state index contributed by atoms with van der Waals surface area (Å²) in [6, 6.07) is 0. The highest BCUT2D eigenvalue weighted by Crippen LogP contribution is 2.09. The second-order valence-electron chi connectivity index (χ2n) is 4.21. The van der Waals surface area contributed by atoms with E-state index in [1.165, 1.54) is 32.1 Å². The number of hydrogen-bond donors (Lipinski definition) is 4. The van der Waals surface area contributed by atoms with Crippen LogP contribution in [0, 0.1) is 0 Å². The number of carbonyl (C=O) groups is 1. The van der Waals surface area contributed by atoms with E-state index in [0.29, 0.717) is 6.42 Å². The molecule has 0 atom stereocenters. The Morgan fingerprint density at radius 3 is 1.47 bits per heavy atom. The van der Waals surface area contributed by atoms with Gasteiger partial charge in [0.15, 0.2) is 0 Å². The quantitative estimate of drug-likeness (QED) is 0.357. The summed E-state index contributed by atoms with van der Waals surface area (Å²) in [6.07, 6.45) is 9.56. The van der Waals surface area contributed by atoms with Crippen molar-refractivity contribution < 1.29 is 27.4 Å². The van der Waals surface area contributed by atoms with E-state index in [-0.39, 0.29) is 0 Å². The maximum absolute atomic E-state index is 10.2. The Balaban J connectivity index is 0. The molecule has 19 heavy (non-hydrogen) atoms. The first-order chi connectivity index (χ1) is 8.77. The van der Waals surface area contributed by atoms with Crippen LogP contribution in [0.4, 0.5) is 0 Å². The molecule has 5 N–H and O–H groups in total. The summed E-state index contributed by atoms with van der Waals surface area (Å²) in [5, 5.41) is 8.40. The van der Waals surface area contributed by atoms with E-state index in [9.17, 15) is 4.79 Å². The third kappa shape index (κ3) is 38.2. The SMILES string of the molecule is NCCCCCCCCCCC(=O)O.O=S(=O)(O)O. The van der Waals surface area contributed by atoms with Crippen LogP contribution in [-0.2, 0) is 15.2 Å². The second-order valence-corrected chi connectivity index (χ2v) is 5.10. The van der Waals surface area contributed by atoms with Crippen LogP contribution in [0.15, 0.2) is 0 Å². The first kappa shape index (κ1) is 20.6. The lowest BCUT2D eigenvalue weighted by atomic mass is 10.1. The Hall–Kier alpha value is -0.700. The van der Waals surface area contributed by atoms with Crippen molar-refractivity contribution in [2.24, 2.45) is 5.73 Å². The maximum Gasteiger partial charge on any atom is 0.394 e. The molecular weight excluding hydrogens is 274 g/mol. The Bertz CT molecular complexity index is 296. The lowest BCUT2D eigenvalue weighted by Crippen LogP contribution is -1.97. The van der Waals surface area contributed by atoms with E-state index in [1.54, 1.807) is 0 Å². The van der Waals surface area contributed by atoms with Gasteiger partial charge in [0.05, 0.1) is 0 Å². The summed E-state index contributed by atoms with van der Waals surface area (Å²) in [5.74, 6) is -0.673. The summed E-state index contributed by atoms with van der Waals surface area (Å²) < 4.78 is 31.6. The van der Waals surface area contributed by atoms with E-state index in [4.69, 9.17) is 28.4 Å². The zero-order valence-corrected chi connectivity index (χ0v) is 11.9. The molecule has 0 radical (unpaired) electrons. The minimum atomic E-state index is -4.67. The lowest BCUT2D eigenvalue weighted by molar-refractivity contribution is -0.137. The molecule has 7 nitrogen and oxygen atoms in total. The van der Waals surface area contributed by atoms with Crippen LogP contribution in [0.3, 0.4) is 0 Å². The summed E-state index contributed by atoms with van der Waals surface area (Å²) >= 11 is 0. The van der Waals surface area contributed by atoms with Gasteiger partial charge in [0, 0.05) is 6.42 Å². The number of carboxylic acids is 1. The van der Waals surface area contributed by atoms with Crippen LogP contribution < -0.4 is 5.73 Å². The molecule has 0 aliphatic heterocycles.